The van der Waals surface area contributed by atoms with E-state index < -0.39 is 29.7 Å². The van der Waals surface area contributed by atoms with Crippen molar-refractivity contribution >= 4 is 29.4 Å². The normalized spacial score (nSPS) is 18.3. The number of nitrogens with one attached hydrogen (secondary N) is 3. The number of amides is 5. The molecule has 2 heterocycles. The van der Waals surface area contributed by atoms with E-state index in [4.69, 9.17) is 0 Å². The molecule has 4 rings (SSSR count). The van der Waals surface area contributed by atoms with E-state index in [-0.39, 0.29) is 35.0 Å². The van der Waals surface area contributed by atoms with E-state index in [1.165, 1.54) is 25.1 Å². The number of benzene rings is 2. The summed E-state index contributed by atoms with van der Waals surface area (Å²) in [6.07, 6.45) is -3.89. The quantitative estimate of drug-likeness (QED) is 0.593. The van der Waals surface area contributed by atoms with E-state index >= 15 is 0 Å². The molecule has 1 unspecified atom stereocenters. The van der Waals surface area contributed by atoms with Crippen LogP contribution in [0.3, 0.4) is 0 Å². The summed E-state index contributed by atoms with van der Waals surface area (Å²) in [7, 11) is 0. The van der Waals surface area contributed by atoms with E-state index in [0.717, 1.165) is 17.2 Å². The summed E-state index contributed by atoms with van der Waals surface area (Å²) in [6.45, 7) is 2.20. The number of hydrogen-bond acceptors (Lipinski definition) is 5. The molecule has 2 aromatic rings. The van der Waals surface area contributed by atoms with Crippen molar-refractivity contribution in [3.63, 3.8) is 0 Å². The monoisotopic (exact) mass is 474 g/mol. The van der Waals surface area contributed by atoms with Gasteiger partial charge in [0.25, 0.3) is 5.91 Å². The molecule has 1 atom stereocenters. The lowest BCUT2D eigenvalue weighted by molar-refractivity contribution is -0.139. The standard InChI is InChI=1S/C23H21F3N4O4/c1-12-2-5-16(9-17(12)23(24,25)26)27-22(34)29-20(32)13-3-4-14-10-30(11-15(14)8-13)18-6-7-19(31)28-21(18)33/h2-5,8-9,18H,6-7,10-11H2,1H3,(H,28,31,33)(H2,27,29,32,34). The third-order valence-corrected chi connectivity index (χ3v) is 5.89. The SMILES string of the molecule is Cc1ccc(NC(=O)NC(=O)c2ccc3c(c2)CN(C2CCC(=O)NC2=O)C3)cc1C(F)(F)F. The number of anilines is 1. The van der Waals surface area contributed by atoms with Gasteiger partial charge in [0.15, 0.2) is 0 Å². The van der Waals surface area contributed by atoms with Crippen LogP contribution in [0, 0.1) is 6.92 Å². The summed E-state index contributed by atoms with van der Waals surface area (Å²) >= 11 is 0. The van der Waals surface area contributed by atoms with Crippen LogP contribution in [-0.4, -0.2) is 34.7 Å². The van der Waals surface area contributed by atoms with Gasteiger partial charge in [-0.1, -0.05) is 12.1 Å². The van der Waals surface area contributed by atoms with Gasteiger partial charge in [0.1, 0.15) is 0 Å². The number of alkyl halides is 3. The minimum Gasteiger partial charge on any atom is -0.308 e. The largest absolute Gasteiger partial charge is 0.416 e. The van der Waals surface area contributed by atoms with Crippen LogP contribution >= 0.6 is 0 Å². The minimum absolute atomic E-state index is 0.0130. The molecule has 178 valence electrons. The van der Waals surface area contributed by atoms with E-state index in [9.17, 15) is 32.3 Å². The Labute approximate surface area is 192 Å². The Balaban J connectivity index is 1.39. The molecule has 8 nitrogen and oxygen atoms in total. The van der Waals surface area contributed by atoms with Gasteiger partial charge in [0.2, 0.25) is 11.8 Å². The Hall–Kier alpha value is -3.73. The molecule has 0 aromatic heterocycles. The maximum atomic E-state index is 13.1. The van der Waals surface area contributed by atoms with Crippen LogP contribution in [-0.2, 0) is 28.9 Å². The minimum atomic E-state index is -4.57. The highest BCUT2D eigenvalue weighted by Gasteiger charge is 2.35. The second-order valence-electron chi connectivity index (χ2n) is 8.29. The average molecular weight is 474 g/mol. The summed E-state index contributed by atoms with van der Waals surface area (Å²) in [5, 5.41) is 6.68. The second kappa shape index (κ2) is 8.90. The zero-order chi connectivity index (χ0) is 24.6. The number of halogens is 3. The number of hydrogen-bond donors (Lipinski definition) is 3. The van der Waals surface area contributed by atoms with Gasteiger partial charge >= 0.3 is 12.2 Å². The lowest BCUT2D eigenvalue weighted by Crippen LogP contribution is -2.50. The van der Waals surface area contributed by atoms with Gasteiger partial charge in [-0.3, -0.25) is 29.9 Å². The van der Waals surface area contributed by atoms with Crippen molar-refractivity contribution in [2.45, 2.75) is 45.1 Å². The number of aryl methyl sites for hydroxylation is 1. The smallest absolute Gasteiger partial charge is 0.308 e. The van der Waals surface area contributed by atoms with Gasteiger partial charge in [0.05, 0.1) is 11.6 Å². The van der Waals surface area contributed by atoms with Gasteiger partial charge < -0.3 is 5.32 Å². The summed E-state index contributed by atoms with van der Waals surface area (Å²) < 4.78 is 39.2. The first-order chi connectivity index (χ1) is 16.0. The summed E-state index contributed by atoms with van der Waals surface area (Å²) in [5.74, 6) is -1.36. The van der Waals surface area contributed by atoms with Crippen LogP contribution in [0.5, 0.6) is 0 Å². The number of imide groups is 2. The number of urea groups is 1. The fraction of sp³-hybridized carbons (Fsp3) is 0.304. The molecule has 0 aliphatic carbocycles. The van der Waals surface area contributed by atoms with Crippen LogP contribution < -0.4 is 16.0 Å². The molecule has 1 fully saturated rings. The van der Waals surface area contributed by atoms with Crippen molar-refractivity contribution in [3.05, 3.63) is 64.2 Å². The first-order valence-electron chi connectivity index (χ1n) is 10.5. The Morgan fingerprint density at radius 1 is 1.06 bits per heavy atom. The Kier molecular flexibility index (Phi) is 6.13. The van der Waals surface area contributed by atoms with Gasteiger partial charge in [-0.15, -0.1) is 0 Å². The molecule has 1 saturated heterocycles. The maximum Gasteiger partial charge on any atom is 0.416 e. The first kappa shape index (κ1) is 23.4. The molecular formula is C23H21F3N4O4. The predicted molar refractivity (Wildman–Crippen MR) is 115 cm³/mol. The molecule has 5 amide bonds. The topological polar surface area (TPSA) is 108 Å². The highest BCUT2D eigenvalue weighted by molar-refractivity contribution is 6.08. The zero-order valence-electron chi connectivity index (χ0n) is 18.1. The van der Waals surface area contributed by atoms with Crippen LogP contribution in [0.4, 0.5) is 23.7 Å². The van der Waals surface area contributed by atoms with Crippen molar-refractivity contribution in [3.8, 4) is 0 Å². The molecule has 2 aliphatic rings. The molecule has 2 aromatic carbocycles. The third kappa shape index (κ3) is 4.93. The number of fused-ring (bicyclic) bond motifs is 1. The molecule has 0 saturated carbocycles. The van der Waals surface area contributed by atoms with Crippen molar-refractivity contribution in [1.29, 1.82) is 0 Å². The Morgan fingerprint density at radius 3 is 2.50 bits per heavy atom. The van der Waals surface area contributed by atoms with E-state index in [0.29, 0.717) is 19.5 Å². The van der Waals surface area contributed by atoms with Gasteiger partial charge in [-0.2, -0.15) is 13.2 Å². The number of carbonyl (C=O) groups excluding carboxylic acids is 4. The third-order valence-electron chi connectivity index (χ3n) is 5.89. The molecule has 34 heavy (non-hydrogen) atoms. The predicted octanol–water partition coefficient (Wildman–Crippen LogP) is 3.10. The lowest BCUT2D eigenvalue weighted by atomic mass is 10.0. The van der Waals surface area contributed by atoms with Crippen LogP contribution in [0.25, 0.3) is 0 Å². The average Bonchev–Trinajstić information content (AvgIpc) is 3.17. The highest BCUT2D eigenvalue weighted by atomic mass is 19.4. The fourth-order valence-electron chi connectivity index (χ4n) is 4.16. The van der Waals surface area contributed by atoms with Gasteiger partial charge in [0, 0.05) is 30.8 Å². The second-order valence-corrected chi connectivity index (χ2v) is 8.29. The zero-order valence-corrected chi connectivity index (χ0v) is 18.1. The first-order valence-corrected chi connectivity index (χ1v) is 10.5. The lowest BCUT2D eigenvalue weighted by Gasteiger charge is -2.29. The van der Waals surface area contributed by atoms with E-state index in [1.54, 1.807) is 12.1 Å². The summed E-state index contributed by atoms with van der Waals surface area (Å²) in [4.78, 5) is 50.1. The highest BCUT2D eigenvalue weighted by Crippen LogP contribution is 2.33. The number of piperidine rings is 1. The van der Waals surface area contributed by atoms with Crippen molar-refractivity contribution in [2.75, 3.05) is 5.32 Å². The summed E-state index contributed by atoms with van der Waals surface area (Å²) in [6, 6.07) is 6.81. The van der Waals surface area contributed by atoms with Crippen molar-refractivity contribution in [2.24, 2.45) is 0 Å². The van der Waals surface area contributed by atoms with Crippen LogP contribution in [0.1, 0.15) is 45.5 Å². The Bertz CT molecular complexity index is 1200. The molecule has 0 bridgehead atoms. The molecular weight excluding hydrogens is 453 g/mol. The van der Waals surface area contributed by atoms with E-state index in [2.05, 4.69) is 16.0 Å². The van der Waals surface area contributed by atoms with Crippen molar-refractivity contribution in [1.82, 2.24) is 15.5 Å². The maximum absolute atomic E-state index is 13.1. The number of carbonyl (C=O) groups is 4. The molecule has 2 aliphatic heterocycles. The Morgan fingerprint density at radius 2 is 1.79 bits per heavy atom. The molecule has 0 radical (unpaired) electrons. The van der Waals surface area contributed by atoms with Gasteiger partial charge in [-0.05, 0) is 54.3 Å². The molecule has 11 heteroatoms. The summed E-state index contributed by atoms with van der Waals surface area (Å²) in [5.41, 5.74) is 0.960. The van der Waals surface area contributed by atoms with Gasteiger partial charge in [-0.25, -0.2) is 4.79 Å². The molecule has 3 N–H and O–H groups in total. The van der Waals surface area contributed by atoms with Crippen molar-refractivity contribution < 1.29 is 32.3 Å². The van der Waals surface area contributed by atoms with E-state index in [1.807, 2.05) is 4.90 Å². The fourth-order valence-corrected chi connectivity index (χ4v) is 4.16. The van der Waals surface area contributed by atoms with Crippen LogP contribution in [0.2, 0.25) is 0 Å². The molecule has 0 spiro atoms. The number of nitrogens with zero attached hydrogens (tertiary/aromatic N) is 1. The number of rotatable bonds is 3. The van der Waals surface area contributed by atoms with Crippen LogP contribution in [0.15, 0.2) is 36.4 Å².